The first-order valence-electron chi connectivity index (χ1n) is 9.08. The first-order valence-corrected chi connectivity index (χ1v) is 10.3. The number of amidine groups is 1. The summed E-state index contributed by atoms with van der Waals surface area (Å²) in [5.41, 5.74) is 2.26. The topological polar surface area (TPSA) is 50.7 Å². The Labute approximate surface area is 182 Å². The van der Waals surface area contributed by atoms with Crippen molar-refractivity contribution in [2.45, 2.75) is 6.61 Å². The second kappa shape index (κ2) is 9.15. The molecule has 0 aromatic heterocycles. The molecule has 150 valence electrons. The Bertz CT molecular complexity index is 1130. The van der Waals surface area contributed by atoms with Crippen molar-refractivity contribution in [2.24, 2.45) is 4.99 Å². The molecule has 1 heterocycles. The van der Waals surface area contributed by atoms with Gasteiger partial charge in [-0.3, -0.25) is 4.79 Å². The average molecular weight is 439 g/mol. The van der Waals surface area contributed by atoms with E-state index in [-0.39, 0.29) is 18.3 Å². The average Bonchev–Trinajstić information content (AvgIpc) is 3.08. The predicted octanol–water partition coefficient (Wildman–Crippen LogP) is 5.95. The molecule has 4 nitrogen and oxygen atoms in total. The lowest BCUT2D eigenvalue weighted by molar-refractivity contribution is -0.115. The van der Waals surface area contributed by atoms with Crippen molar-refractivity contribution in [3.05, 3.63) is 99.7 Å². The van der Waals surface area contributed by atoms with Gasteiger partial charge in [0.2, 0.25) is 0 Å². The summed E-state index contributed by atoms with van der Waals surface area (Å²) in [7, 11) is 0. The number of ether oxygens (including phenoxy) is 1. The predicted molar refractivity (Wildman–Crippen MR) is 119 cm³/mol. The van der Waals surface area contributed by atoms with Crippen LogP contribution in [0.15, 0.2) is 82.7 Å². The molecule has 0 bridgehead atoms. The van der Waals surface area contributed by atoms with Gasteiger partial charge < -0.3 is 10.1 Å². The van der Waals surface area contributed by atoms with Crippen molar-refractivity contribution in [3.63, 3.8) is 0 Å². The molecule has 0 saturated carbocycles. The van der Waals surface area contributed by atoms with Crippen molar-refractivity contribution in [2.75, 3.05) is 0 Å². The molecule has 0 spiro atoms. The molecule has 1 fully saturated rings. The van der Waals surface area contributed by atoms with Gasteiger partial charge >= 0.3 is 0 Å². The largest absolute Gasteiger partial charge is 0.488 e. The van der Waals surface area contributed by atoms with Gasteiger partial charge in [0.15, 0.2) is 5.17 Å². The van der Waals surface area contributed by atoms with Crippen LogP contribution in [-0.2, 0) is 11.4 Å². The maximum Gasteiger partial charge on any atom is 0.264 e. The first kappa shape index (κ1) is 20.2. The Morgan fingerprint density at radius 3 is 2.60 bits per heavy atom. The number of thioether (sulfide) groups is 1. The van der Waals surface area contributed by atoms with Crippen molar-refractivity contribution < 1.29 is 13.9 Å². The zero-order chi connectivity index (χ0) is 20.9. The molecule has 1 aliphatic rings. The van der Waals surface area contributed by atoms with Crippen LogP contribution in [0.5, 0.6) is 5.75 Å². The normalized spacial score (nSPS) is 16.1. The van der Waals surface area contributed by atoms with E-state index in [0.717, 1.165) is 11.3 Å². The van der Waals surface area contributed by atoms with E-state index in [0.29, 0.717) is 26.4 Å². The van der Waals surface area contributed by atoms with E-state index < -0.39 is 0 Å². The second-order valence-corrected chi connectivity index (χ2v) is 7.88. The molecule has 3 aromatic carbocycles. The van der Waals surface area contributed by atoms with Crippen LogP contribution >= 0.6 is 23.4 Å². The van der Waals surface area contributed by atoms with Crippen LogP contribution in [0.1, 0.15) is 11.1 Å². The molecule has 3 aromatic rings. The fourth-order valence-corrected chi connectivity index (χ4v) is 3.76. The number of carbonyl (C=O) groups excluding carboxylic acids is 1. The molecule has 0 radical (unpaired) electrons. The summed E-state index contributed by atoms with van der Waals surface area (Å²) < 4.78 is 19.0. The van der Waals surface area contributed by atoms with Gasteiger partial charge in [0.1, 0.15) is 18.2 Å². The summed E-state index contributed by atoms with van der Waals surface area (Å²) in [4.78, 5) is 17.3. The lowest BCUT2D eigenvalue weighted by atomic mass is 10.1. The van der Waals surface area contributed by atoms with E-state index in [1.165, 1.54) is 23.9 Å². The Morgan fingerprint density at radius 1 is 1.07 bits per heavy atom. The molecule has 1 amide bonds. The molecule has 7 heteroatoms. The minimum atomic E-state index is -0.298. The number of para-hydroxylation sites is 1. The Balaban J connectivity index is 1.55. The van der Waals surface area contributed by atoms with E-state index in [1.807, 2.05) is 30.3 Å². The highest BCUT2D eigenvalue weighted by Crippen LogP contribution is 2.32. The number of hydrogen-bond donors (Lipinski definition) is 1. The number of benzene rings is 3. The zero-order valence-electron chi connectivity index (χ0n) is 15.6. The van der Waals surface area contributed by atoms with Crippen LogP contribution in [0.4, 0.5) is 10.1 Å². The maximum absolute atomic E-state index is 13.1. The third kappa shape index (κ3) is 5.09. The zero-order valence-corrected chi connectivity index (χ0v) is 17.2. The van der Waals surface area contributed by atoms with E-state index in [1.54, 1.807) is 36.4 Å². The van der Waals surface area contributed by atoms with Gasteiger partial charge in [0, 0.05) is 10.6 Å². The molecular formula is C23H16ClFN2O2S. The van der Waals surface area contributed by atoms with Gasteiger partial charge in [-0.15, -0.1) is 0 Å². The van der Waals surface area contributed by atoms with Gasteiger partial charge in [-0.25, -0.2) is 9.38 Å². The third-order valence-electron chi connectivity index (χ3n) is 4.20. The molecule has 1 aliphatic heterocycles. The molecule has 0 unspecified atom stereocenters. The summed E-state index contributed by atoms with van der Waals surface area (Å²) in [6.45, 7) is 0.262. The van der Waals surface area contributed by atoms with Gasteiger partial charge in [0.05, 0.1) is 10.6 Å². The van der Waals surface area contributed by atoms with Crippen LogP contribution in [0.3, 0.4) is 0 Å². The fourth-order valence-electron chi connectivity index (χ4n) is 2.75. The summed E-state index contributed by atoms with van der Waals surface area (Å²) in [6.07, 6.45) is 1.72. The quantitative estimate of drug-likeness (QED) is 0.501. The van der Waals surface area contributed by atoms with E-state index in [9.17, 15) is 9.18 Å². The molecule has 4 rings (SSSR count). The third-order valence-corrected chi connectivity index (χ3v) is 5.35. The highest BCUT2D eigenvalue weighted by Gasteiger charge is 2.24. The van der Waals surface area contributed by atoms with E-state index in [2.05, 4.69) is 10.3 Å². The van der Waals surface area contributed by atoms with Crippen molar-refractivity contribution in [3.8, 4) is 5.75 Å². The monoisotopic (exact) mass is 438 g/mol. The fraction of sp³-hybridized carbons (Fsp3) is 0.0435. The van der Waals surface area contributed by atoms with Crippen molar-refractivity contribution >= 4 is 46.2 Å². The van der Waals surface area contributed by atoms with Gasteiger partial charge in [-0.2, -0.15) is 0 Å². The molecule has 1 N–H and O–H groups in total. The van der Waals surface area contributed by atoms with Crippen molar-refractivity contribution in [1.82, 2.24) is 5.32 Å². The minimum absolute atomic E-state index is 0.237. The standard InChI is InChI=1S/C23H16ClFN2O2S/c24-17-8-11-20(29-14-15-6-9-18(25)10-7-15)16(12-17)13-21-22(28)27-23(30-21)26-19-4-2-1-3-5-19/h1-13H,14H2,(H,26,27,28)/b21-13-. The van der Waals surface area contributed by atoms with Gasteiger partial charge in [-0.1, -0.05) is 41.9 Å². The Kier molecular flexibility index (Phi) is 6.16. The van der Waals surface area contributed by atoms with E-state index in [4.69, 9.17) is 16.3 Å². The number of nitrogens with one attached hydrogen (secondary N) is 1. The lowest BCUT2D eigenvalue weighted by Gasteiger charge is -2.10. The lowest BCUT2D eigenvalue weighted by Crippen LogP contribution is -2.19. The number of rotatable bonds is 5. The molecule has 30 heavy (non-hydrogen) atoms. The number of halogens is 2. The first-order chi connectivity index (χ1) is 14.6. The summed E-state index contributed by atoms with van der Waals surface area (Å²) in [5.74, 6) is 0.0325. The minimum Gasteiger partial charge on any atom is -0.488 e. The molecule has 0 aliphatic carbocycles. The number of carbonyl (C=O) groups is 1. The Hall–Kier alpha value is -3.09. The SMILES string of the molecule is O=C1NC(=Nc2ccccc2)S/C1=C\c1cc(Cl)ccc1OCc1ccc(F)cc1. The molecule has 1 saturated heterocycles. The highest BCUT2D eigenvalue weighted by molar-refractivity contribution is 8.18. The van der Waals surface area contributed by atoms with Crippen LogP contribution in [0, 0.1) is 5.82 Å². The number of nitrogens with zero attached hydrogens (tertiary/aromatic N) is 1. The molecule has 0 atom stereocenters. The van der Waals surface area contributed by atoms with Crippen LogP contribution in [0.25, 0.3) is 6.08 Å². The highest BCUT2D eigenvalue weighted by atomic mass is 35.5. The second-order valence-electron chi connectivity index (χ2n) is 6.41. The van der Waals surface area contributed by atoms with Gasteiger partial charge in [-0.05, 0) is 65.9 Å². The van der Waals surface area contributed by atoms with Crippen LogP contribution < -0.4 is 10.1 Å². The Morgan fingerprint density at radius 2 is 1.83 bits per heavy atom. The maximum atomic E-state index is 13.1. The number of hydrogen-bond acceptors (Lipinski definition) is 4. The summed E-state index contributed by atoms with van der Waals surface area (Å²) in [6, 6.07) is 20.7. The van der Waals surface area contributed by atoms with E-state index >= 15 is 0 Å². The molecular weight excluding hydrogens is 423 g/mol. The van der Waals surface area contributed by atoms with Crippen LogP contribution in [0.2, 0.25) is 5.02 Å². The summed E-state index contributed by atoms with van der Waals surface area (Å²) >= 11 is 7.40. The summed E-state index contributed by atoms with van der Waals surface area (Å²) in [5, 5.41) is 3.80. The van der Waals surface area contributed by atoms with Crippen LogP contribution in [-0.4, -0.2) is 11.1 Å². The number of amides is 1. The number of aliphatic imine (C=N–C) groups is 1. The van der Waals surface area contributed by atoms with Crippen molar-refractivity contribution in [1.29, 1.82) is 0 Å². The smallest absolute Gasteiger partial charge is 0.264 e. The van der Waals surface area contributed by atoms with Gasteiger partial charge in [0.25, 0.3) is 5.91 Å².